The van der Waals surface area contributed by atoms with Gasteiger partial charge in [-0.15, -0.1) is 0 Å². The lowest BCUT2D eigenvalue weighted by molar-refractivity contribution is -0.0332. The quantitative estimate of drug-likeness (QED) is 0.904. The topological polar surface area (TPSA) is 44.5 Å². The summed E-state index contributed by atoms with van der Waals surface area (Å²) in [6.45, 7) is 0.298. The van der Waals surface area contributed by atoms with Crippen molar-refractivity contribution in [2.75, 3.05) is 13.7 Å². The molecule has 0 heterocycles. The molecule has 3 nitrogen and oxygen atoms in total. The number of ether oxygens (including phenoxy) is 2. The predicted molar refractivity (Wildman–Crippen MR) is 72.3 cm³/mol. The Morgan fingerprint density at radius 3 is 2.70 bits per heavy atom. The fourth-order valence-electron chi connectivity index (χ4n) is 2.55. The number of nitrogens with two attached hydrogens (primary N) is 1. The molecule has 0 radical (unpaired) electrons. The number of rotatable bonds is 5. The molecule has 112 valence electrons. The molecule has 2 N–H and O–H groups in total. The first kappa shape index (κ1) is 15.4. The van der Waals surface area contributed by atoms with Crippen LogP contribution < -0.4 is 5.73 Å². The molecule has 0 amide bonds. The van der Waals surface area contributed by atoms with E-state index >= 15 is 0 Å². The molecule has 2 rings (SSSR count). The fraction of sp³-hybridized carbons (Fsp3) is 0.600. The summed E-state index contributed by atoms with van der Waals surface area (Å²) in [5.74, 6) is -1.74. The first-order valence-electron chi connectivity index (χ1n) is 6.95. The van der Waals surface area contributed by atoms with E-state index in [0.29, 0.717) is 12.2 Å². The molecule has 0 aliphatic heterocycles. The van der Waals surface area contributed by atoms with Crippen LogP contribution in [0.15, 0.2) is 18.2 Å². The number of benzene rings is 1. The highest BCUT2D eigenvalue weighted by molar-refractivity contribution is 5.21. The maximum Gasteiger partial charge on any atom is 0.159 e. The molecule has 20 heavy (non-hydrogen) atoms. The average Bonchev–Trinajstić information content (AvgIpc) is 2.47. The summed E-state index contributed by atoms with van der Waals surface area (Å²) in [6, 6.07) is 3.26. The van der Waals surface area contributed by atoms with Crippen LogP contribution in [0, 0.1) is 11.6 Å². The molecule has 5 heteroatoms. The van der Waals surface area contributed by atoms with Crippen LogP contribution in [0.2, 0.25) is 0 Å². The molecule has 1 aromatic carbocycles. The van der Waals surface area contributed by atoms with Crippen molar-refractivity contribution >= 4 is 0 Å². The van der Waals surface area contributed by atoms with E-state index in [1.54, 1.807) is 7.11 Å². The minimum Gasteiger partial charge on any atom is -0.381 e. The van der Waals surface area contributed by atoms with Crippen molar-refractivity contribution in [2.24, 2.45) is 5.73 Å². The minimum atomic E-state index is -0.880. The van der Waals surface area contributed by atoms with E-state index in [1.165, 1.54) is 6.07 Å². The smallest absolute Gasteiger partial charge is 0.159 e. The highest BCUT2D eigenvalue weighted by atomic mass is 19.2. The summed E-state index contributed by atoms with van der Waals surface area (Å²) in [5.41, 5.74) is 6.50. The van der Waals surface area contributed by atoms with E-state index in [4.69, 9.17) is 15.2 Å². The predicted octanol–water partition coefficient (Wildman–Crippen LogP) is 2.94. The molecule has 0 bridgehead atoms. The maximum atomic E-state index is 13.1. The van der Waals surface area contributed by atoms with Gasteiger partial charge in [-0.25, -0.2) is 8.78 Å². The van der Waals surface area contributed by atoms with Crippen molar-refractivity contribution in [2.45, 2.75) is 43.9 Å². The van der Waals surface area contributed by atoms with Gasteiger partial charge in [0.1, 0.15) is 0 Å². The van der Waals surface area contributed by atoms with Gasteiger partial charge in [0, 0.05) is 7.11 Å². The first-order valence-corrected chi connectivity index (χ1v) is 6.95. The van der Waals surface area contributed by atoms with Gasteiger partial charge in [-0.2, -0.15) is 0 Å². The van der Waals surface area contributed by atoms with Crippen LogP contribution in [0.25, 0.3) is 0 Å². The molecule has 3 unspecified atom stereocenters. The summed E-state index contributed by atoms with van der Waals surface area (Å²) in [7, 11) is 1.71. The van der Waals surface area contributed by atoms with Crippen LogP contribution >= 0.6 is 0 Å². The summed E-state index contributed by atoms with van der Waals surface area (Å²) < 4.78 is 37.1. The second kappa shape index (κ2) is 7.11. The summed E-state index contributed by atoms with van der Waals surface area (Å²) in [6.07, 6.45) is 4.36. The van der Waals surface area contributed by atoms with E-state index in [9.17, 15) is 8.78 Å². The SMILES string of the molecule is COC1CCCC(OCC(N)c2ccc(F)c(F)c2)C1. The van der Waals surface area contributed by atoms with Gasteiger partial charge in [-0.05, 0) is 43.4 Å². The van der Waals surface area contributed by atoms with Crippen LogP contribution in [-0.2, 0) is 9.47 Å². The molecular weight excluding hydrogens is 264 g/mol. The van der Waals surface area contributed by atoms with Crippen molar-refractivity contribution in [3.8, 4) is 0 Å². The summed E-state index contributed by atoms with van der Waals surface area (Å²) >= 11 is 0. The molecule has 1 saturated carbocycles. The van der Waals surface area contributed by atoms with E-state index in [-0.39, 0.29) is 12.2 Å². The van der Waals surface area contributed by atoms with Gasteiger partial charge in [0.15, 0.2) is 11.6 Å². The molecule has 1 aromatic rings. The Morgan fingerprint density at radius 2 is 2.00 bits per heavy atom. The van der Waals surface area contributed by atoms with Gasteiger partial charge in [-0.3, -0.25) is 0 Å². The summed E-state index contributed by atoms with van der Waals surface area (Å²) in [5, 5.41) is 0. The van der Waals surface area contributed by atoms with Crippen molar-refractivity contribution in [1.29, 1.82) is 0 Å². The van der Waals surface area contributed by atoms with Crippen LogP contribution in [-0.4, -0.2) is 25.9 Å². The molecule has 3 atom stereocenters. The lowest BCUT2D eigenvalue weighted by Crippen LogP contribution is -2.30. The van der Waals surface area contributed by atoms with Gasteiger partial charge < -0.3 is 15.2 Å². The van der Waals surface area contributed by atoms with E-state index in [1.807, 2.05) is 0 Å². The Bertz CT molecular complexity index is 442. The lowest BCUT2D eigenvalue weighted by atomic mass is 9.95. The van der Waals surface area contributed by atoms with Gasteiger partial charge >= 0.3 is 0 Å². The number of halogens is 2. The second-order valence-electron chi connectivity index (χ2n) is 5.26. The molecule has 1 aliphatic rings. The van der Waals surface area contributed by atoms with Crippen molar-refractivity contribution in [1.82, 2.24) is 0 Å². The first-order chi connectivity index (χ1) is 9.60. The van der Waals surface area contributed by atoms with E-state index < -0.39 is 17.7 Å². The average molecular weight is 285 g/mol. The highest BCUT2D eigenvalue weighted by Crippen LogP contribution is 2.24. The third-order valence-electron chi connectivity index (χ3n) is 3.79. The highest BCUT2D eigenvalue weighted by Gasteiger charge is 2.23. The molecular formula is C15H21F2NO2. The molecule has 0 saturated heterocycles. The molecule has 1 aliphatic carbocycles. The van der Waals surface area contributed by atoms with Crippen molar-refractivity contribution in [3.63, 3.8) is 0 Å². The Hall–Kier alpha value is -1.04. The zero-order valence-corrected chi connectivity index (χ0v) is 11.6. The van der Waals surface area contributed by atoms with Gasteiger partial charge in [-0.1, -0.05) is 6.07 Å². The van der Waals surface area contributed by atoms with Crippen molar-refractivity contribution in [3.05, 3.63) is 35.4 Å². The third kappa shape index (κ3) is 3.98. The zero-order valence-electron chi connectivity index (χ0n) is 11.6. The fourth-order valence-corrected chi connectivity index (χ4v) is 2.55. The van der Waals surface area contributed by atoms with E-state index in [2.05, 4.69) is 0 Å². The Kier molecular flexibility index (Phi) is 5.46. The number of hydrogen-bond donors (Lipinski definition) is 1. The van der Waals surface area contributed by atoms with Crippen LogP contribution in [0.1, 0.15) is 37.3 Å². The van der Waals surface area contributed by atoms with Crippen molar-refractivity contribution < 1.29 is 18.3 Å². The van der Waals surface area contributed by atoms with Crippen LogP contribution in [0.3, 0.4) is 0 Å². The van der Waals surface area contributed by atoms with Crippen LogP contribution in [0.4, 0.5) is 8.78 Å². The third-order valence-corrected chi connectivity index (χ3v) is 3.79. The van der Waals surface area contributed by atoms with Gasteiger partial charge in [0.05, 0.1) is 24.9 Å². The second-order valence-corrected chi connectivity index (χ2v) is 5.26. The monoisotopic (exact) mass is 285 g/mol. The Balaban J connectivity index is 1.85. The zero-order chi connectivity index (χ0) is 14.5. The maximum absolute atomic E-state index is 13.1. The lowest BCUT2D eigenvalue weighted by Gasteiger charge is -2.29. The normalized spacial score (nSPS) is 24.6. The minimum absolute atomic E-state index is 0.130. The van der Waals surface area contributed by atoms with Gasteiger partial charge in [0.25, 0.3) is 0 Å². The van der Waals surface area contributed by atoms with E-state index in [0.717, 1.165) is 37.8 Å². The number of hydrogen-bond acceptors (Lipinski definition) is 3. The largest absolute Gasteiger partial charge is 0.381 e. The molecule has 0 aromatic heterocycles. The molecule has 0 spiro atoms. The number of methoxy groups -OCH3 is 1. The van der Waals surface area contributed by atoms with Crippen LogP contribution in [0.5, 0.6) is 0 Å². The standard InChI is InChI=1S/C15H21F2NO2/c1-19-11-3-2-4-12(8-11)20-9-15(18)10-5-6-13(16)14(17)7-10/h5-7,11-12,15H,2-4,8-9,18H2,1H3. The van der Waals surface area contributed by atoms with Gasteiger partial charge in [0.2, 0.25) is 0 Å². The molecule has 1 fully saturated rings. The Morgan fingerprint density at radius 1 is 1.25 bits per heavy atom. The Labute approximate surface area is 118 Å². The summed E-state index contributed by atoms with van der Waals surface area (Å²) in [4.78, 5) is 0.